The Hall–Kier alpha value is -4.06. The third-order valence-corrected chi connectivity index (χ3v) is 5.31. The van der Waals surface area contributed by atoms with Gasteiger partial charge in [0.2, 0.25) is 0 Å². The Morgan fingerprint density at radius 1 is 0.938 bits per heavy atom. The van der Waals surface area contributed by atoms with Gasteiger partial charge in [-0.25, -0.2) is 0 Å². The van der Waals surface area contributed by atoms with E-state index in [1.54, 1.807) is 48.5 Å². The molecule has 32 heavy (non-hydrogen) atoms. The lowest BCUT2D eigenvalue weighted by atomic mass is 9.95. The molecule has 1 aliphatic heterocycles. The Balaban J connectivity index is 1.91. The normalized spacial score (nSPS) is 17.4. The molecule has 3 aromatic rings. The average molecular weight is 429 g/mol. The molecule has 0 bridgehead atoms. The molecule has 1 heterocycles. The van der Waals surface area contributed by atoms with Gasteiger partial charge < -0.3 is 14.6 Å². The molecule has 0 aliphatic carbocycles. The predicted octanol–water partition coefficient (Wildman–Crippen LogP) is 4.72. The van der Waals surface area contributed by atoms with E-state index in [0.29, 0.717) is 34.9 Å². The molecule has 3 aromatic carbocycles. The Morgan fingerprint density at radius 2 is 1.66 bits per heavy atom. The Bertz CT molecular complexity index is 1190. The summed E-state index contributed by atoms with van der Waals surface area (Å²) < 4.78 is 10.8. The van der Waals surface area contributed by atoms with Gasteiger partial charge in [-0.15, -0.1) is 0 Å². The first-order chi connectivity index (χ1) is 15.5. The van der Waals surface area contributed by atoms with E-state index in [1.807, 2.05) is 37.3 Å². The number of hydrogen-bond donors (Lipinski definition) is 1. The second kappa shape index (κ2) is 8.98. The van der Waals surface area contributed by atoms with Gasteiger partial charge in [0.05, 0.1) is 25.3 Å². The van der Waals surface area contributed by atoms with E-state index in [2.05, 4.69) is 0 Å². The molecule has 1 unspecified atom stereocenters. The zero-order valence-corrected chi connectivity index (χ0v) is 17.8. The van der Waals surface area contributed by atoms with Crippen LogP contribution in [0.25, 0.3) is 5.76 Å². The molecule has 1 fully saturated rings. The Labute approximate surface area is 186 Å². The van der Waals surface area contributed by atoms with Gasteiger partial charge in [-0.2, -0.15) is 0 Å². The van der Waals surface area contributed by atoms with Crippen LogP contribution in [0.4, 0.5) is 5.69 Å². The van der Waals surface area contributed by atoms with Crippen molar-refractivity contribution < 1.29 is 24.2 Å². The molecule has 0 spiro atoms. The number of anilines is 1. The van der Waals surface area contributed by atoms with E-state index < -0.39 is 17.7 Å². The molecule has 1 atom stereocenters. The first-order valence-corrected chi connectivity index (χ1v) is 10.3. The quantitative estimate of drug-likeness (QED) is 0.349. The van der Waals surface area contributed by atoms with E-state index in [1.165, 1.54) is 12.0 Å². The lowest BCUT2D eigenvalue weighted by Gasteiger charge is -2.25. The summed E-state index contributed by atoms with van der Waals surface area (Å²) in [5.74, 6) is -0.588. The van der Waals surface area contributed by atoms with Gasteiger partial charge in [0.15, 0.2) is 0 Å². The largest absolute Gasteiger partial charge is 0.507 e. The maximum atomic E-state index is 13.2. The van der Waals surface area contributed by atoms with Crippen LogP contribution in [0.3, 0.4) is 0 Å². The zero-order valence-electron chi connectivity index (χ0n) is 17.8. The number of nitrogens with zero attached hydrogens (tertiary/aromatic N) is 1. The predicted molar refractivity (Wildman–Crippen MR) is 122 cm³/mol. The van der Waals surface area contributed by atoms with Crippen molar-refractivity contribution in [2.75, 3.05) is 18.6 Å². The third kappa shape index (κ3) is 3.83. The van der Waals surface area contributed by atoms with Crippen LogP contribution in [0.5, 0.6) is 11.5 Å². The highest BCUT2D eigenvalue weighted by Crippen LogP contribution is 2.42. The third-order valence-electron chi connectivity index (χ3n) is 5.31. The fourth-order valence-electron chi connectivity index (χ4n) is 3.87. The molecule has 6 heteroatoms. The highest BCUT2D eigenvalue weighted by molar-refractivity contribution is 6.51. The topological polar surface area (TPSA) is 76.1 Å². The van der Waals surface area contributed by atoms with E-state index in [4.69, 9.17) is 9.47 Å². The van der Waals surface area contributed by atoms with Crippen LogP contribution in [-0.4, -0.2) is 30.5 Å². The minimum absolute atomic E-state index is 0.0256. The number of carbonyl (C=O) groups excluding carboxylic acids is 2. The first-order valence-electron chi connectivity index (χ1n) is 10.3. The number of ketones is 1. The number of methoxy groups -OCH3 is 1. The lowest BCUT2D eigenvalue weighted by Crippen LogP contribution is -2.29. The molecule has 1 saturated heterocycles. The molecule has 0 aromatic heterocycles. The fourth-order valence-corrected chi connectivity index (χ4v) is 3.87. The zero-order chi connectivity index (χ0) is 22.7. The number of aliphatic hydroxyl groups is 1. The van der Waals surface area contributed by atoms with Gasteiger partial charge in [0.1, 0.15) is 17.3 Å². The molecule has 1 amide bonds. The van der Waals surface area contributed by atoms with Crippen molar-refractivity contribution in [2.24, 2.45) is 0 Å². The summed E-state index contributed by atoms with van der Waals surface area (Å²) in [6.45, 7) is 2.33. The molecular weight excluding hydrogens is 406 g/mol. The second-order valence-electron chi connectivity index (χ2n) is 7.24. The van der Waals surface area contributed by atoms with Crippen molar-refractivity contribution >= 4 is 23.1 Å². The van der Waals surface area contributed by atoms with Crippen LogP contribution in [0, 0.1) is 0 Å². The number of amides is 1. The summed E-state index contributed by atoms with van der Waals surface area (Å²) in [5, 5.41) is 11.2. The number of benzene rings is 3. The van der Waals surface area contributed by atoms with Gasteiger partial charge in [-0.05, 0) is 36.8 Å². The first kappa shape index (κ1) is 21.2. The summed E-state index contributed by atoms with van der Waals surface area (Å²) >= 11 is 0. The number of aliphatic hydroxyl groups excluding tert-OH is 1. The second-order valence-corrected chi connectivity index (χ2v) is 7.24. The highest BCUT2D eigenvalue weighted by Gasteiger charge is 2.47. The molecule has 1 aliphatic rings. The number of Topliss-reactive ketones (excluding diaryl/α,β-unsaturated/α-hetero) is 1. The molecule has 4 rings (SSSR count). The van der Waals surface area contributed by atoms with Crippen LogP contribution in [-0.2, 0) is 9.59 Å². The summed E-state index contributed by atoms with van der Waals surface area (Å²) in [7, 11) is 1.53. The molecule has 6 nitrogen and oxygen atoms in total. The standard InChI is InChI=1S/C26H23NO5/c1-3-32-21-14-7-11-18(15-21)24(28)22-23(17-9-5-4-6-10-17)27(26(30)25(22)29)19-12-8-13-20(16-19)31-2/h4-16,23,28H,3H2,1-2H3/b24-22+. The minimum Gasteiger partial charge on any atom is -0.507 e. The summed E-state index contributed by atoms with van der Waals surface area (Å²) in [6.07, 6.45) is 0. The highest BCUT2D eigenvalue weighted by atomic mass is 16.5. The van der Waals surface area contributed by atoms with Crippen molar-refractivity contribution in [3.63, 3.8) is 0 Å². The van der Waals surface area contributed by atoms with E-state index in [9.17, 15) is 14.7 Å². The fraction of sp³-hybridized carbons (Fsp3) is 0.154. The van der Waals surface area contributed by atoms with Gasteiger partial charge >= 0.3 is 0 Å². The van der Waals surface area contributed by atoms with Crippen molar-refractivity contribution in [1.82, 2.24) is 0 Å². The smallest absolute Gasteiger partial charge is 0.300 e. The summed E-state index contributed by atoms with van der Waals surface area (Å²) in [4.78, 5) is 27.8. The number of rotatable bonds is 6. The van der Waals surface area contributed by atoms with Crippen molar-refractivity contribution in [3.8, 4) is 11.5 Å². The van der Waals surface area contributed by atoms with Crippen molar-refractivity contribution in [1.29, 1.82) is 0 Å². The number of ether oxygens (including phenoxy) is 2. The summed E-state index contributed by atoms with van der Waals surface area (Å²) in [5.41, 5.74) is 1.64. The molecule has 1 N–H and O–H groups in total. The molecular formula is C26H23NO5. The van der Waals surface area contributed by atoms with Gasteiger partial charge in [0, 0.05) is 17.3 Å². The number of hydrogen-bond acceptors (Lipinski definition) is 5. The monoisotopic (exact) mass is 429 g/mol. The lowest BCUT2D eigenvalue weighted by molar-refractivity contribution is -0.132. The van der Waals surface area contributed by atoms with Gasteiger partial charge in [-0.1, -0.05) is 48.5 Å². The SMILES string of the molecule is CCOc1cccc(/C(O)=C2\C(=O)C(=O)N(c3cccc(OC)c3)C2c2ccccc2)c1. The van der Waals surface area contributed by atoms with Crippen LogP contribution < -0.4 is 14.4 Å². The van der Waals surface area contributed by atoms with E-state index in [-0.39, 0.29) is 11.3 Å². The minimum atomic E-state index is -0.793. The summed E-state index contributed by atoms with van der Waals surface area (Å²) in [6, 6.07) is 22.1. The maximum absolute atomic E-state index is 13.2. The van der Waals surface area contributed by atoms with Gasteiger partial charge in [-0.3, -0.25) is 14.5 Å². The molecule has 0 radical (unpaired) electrons. The Kier molecular flexibility index (Phi) is 5.94. The van der Waals surface area contributed by atoms with Crippen LogP contribution in [0.1, 0.15) is 24.1 Å². The van der Waals surface area contributed by atoms with E-state index >= 15 is 0 Å². The van der Waals surface area contributed by atoms with Gasteiger partial charge in [0.25, 0.3) is 11.7 Å². The number of carbonyl (C=O) groups is 2. The van der Waals surface area contributed by atoms with Crippen LogP contribution >= 0.6 is 0 Å². The van der Waals surface area contributed by atoms with Crippen molar-refractivity contribution in [2.45, 2.75) is 13.0 Å². The van der Waals surface area contributed by atoms with Crippen LogP contribution in [0.15, 0.2) is 84.4 Å². The Morgan fingerprint density at radius 3 is 2.38 bits per heavy atom. The van der Waals surface area contributed by atoms with E-state index in [0.717, 1.165) is 0 Å². The molecule has 0 saturated carbocycles. The maximum Gasteiger partial charge on any atom is 0.300 e. The van der Waals surface area contributed by atoms with Crippen molar-refractivity contribution in [3.05, 3.63) is 95.6 Å². The molecule has 162 valence electrons. The van der Waals surface area contributed by atoms with Crippen LogP contribution in [0.2, 0.25) is 0 Å². The average Bonchev–Trinajstić information content (AvgIpc) is 3.10.